The van der Waals surface area contributed by atoms with Crippen LogP contribution in [0.1, 0.15) is 18.4 Å². The molecule has 21 heavy (non-hydrogen) atoms. The van der Waals surface area contributed by atoms with E-state index in [1.54, 1.807) is 25.1 Å². The molecular weight excluding hydrogens is 294 g/mol. The van der Waals surface area contributed by atoms with Crippen molar-refractivity contribution in [3.05, 3.63) is 63.3 Å². The number of anilines is 1. The molecule has 1 unspecified atom stereocenters. The van der Waals surface area contributed by atoms with E-state index in [1.807, 2.05) is 0 Å². The number of nitro groups is 1. The molecule has 0 bridgehead atoms. The van der Waals surface area contributed by atoms with E-state index < -0.39 is 10.8 Å². The Kier molecular flexibility index (Phi) is 4.49. The molecule has 0 radical (unpaired) electrons. The molecule has 0 saturated carbocycles. The number of non-ortho nitro benzene ring substituents is 1. The van der Waals surface area contributed by atoms with Crippen molar-refractivity contribution in [2.24, 2.45) is 0 Å². The summed E-state index contributed by atoms with van der Waals surface area (Å²) in [6.07, 6.45) is 1.48. The number of pyridine rings is 1. The third-order valence-electron chi connectivity index (χ3n) is 2.95. The summed E-state index contributed by atoms with van der Waals surface area (Å²) in [7, 11) is 0. The molecule has 0 fully saturated rings. The average Bonchev–Trinajstić information content (AvgIpc) is 2.46. The summed E-state index contributed by atoms with van der Waals surface area (Å²) < 4.78 is 0. The quantitative estimate of drug-likeness (QED) is 0.693. The van der Waals surface area contributed by atoms with Gasteiger partial charge in [0.1, 0.15) is 5.82 Å². The van der Waals surface area contributed by atoms with E-state index in [0.29, 0.717) is 16.4 Å². The van der Waals surface area contributed by atoms with Crippen LogP contribution in [0.15, 0.2) is 42.6 Å². The van der Waals surface area contributed by atoms with Crippen LogP contribution in [0, 0.1) is 10.1 Å². The van der Waals surface area contributed by atoms with Crippen LogP contribution in [0.5, 0.6) is 0 Å². The molecule has 0 aliphatic rings. The van der Waals surface area contributed by atoms with E-state index in [1.165, 1.54) is 24.4 Å². The fourth-order valence-corrected chi connectivity index (χ4v) is 1.93. The number of nitrogens with one attached hydrogen (secondary N) is 1. The first-order valence-electron chi connectivity index (χ1n) is 6.14. The van der Waals surface area contributed by atoms with Gasteiger partial charge in [0.15, 0.2) is 0 Å². The lowest BCUT2D eigenvalue weighted by atomic mass is 10.00. The van der Waals surface area contributed by atoms with Gasteiger partial charge in [-0.1, -0.05) is 23.7 Å². The number of hydrogen-bond acceptors (Lipinski definition) is 4. The van der Waals surface area contributed by atoms with Gasteiger partial charge in [-0.05, 0) is 24.6 Å². The standard InChI is InChI=1S/C14H12ClN3O3/c1-9(10-3-2-4-12(7-10)18(20)21)14(19)17-13-8-11(15)5-6-16-13/h2-9H,1H3,(H,16,17,19). The highest BCUT2D eigenvalue weighted by Gasteiger charge is 2.18. The average molecular weight is 306 g/mol. The molecule has 108 valence electrons. The number of aromatic nitrogens is 1. The maximum Gasteiger partial charge on any atom is 0.269 e. The van der Waals surface area contributed by atoms with Crippen molar-refractivity contribution in [2.75, 3.05) is 5.32 Å². The van der Waals surface area contributed by atoms with Crippen LogP contribution in [-0.4, -0.2) is 15.8 Å². The Hall–Kier alpha value is -2.47. The zero-order valence-electron chi connectivity index (χ0n) is 11.1. The van der Waals surface area contributed by atoms with Crippen molar-refractivity contribution in [3.63, 3.8) is 0 Å². The lowest BCUT2D eigenvalue weighted by Gasteiger charge is -2.12. The Bertz CT molecular complexity index is 691. The van der Waals surface area contributed by atoms with E-state index in [9.17, 15) is 14.9 Å². The predicted octanol–water partition coefficient (Wildman–Crippen LogP) is 3.39. The maximum atomic E-state index is 12.1. The molecule has 0 aliphatic carbocycles. The van der Waals surface area contributed by atoms with E-state index in [-0.39, 0.29) is 11.6 Å². The second-order valence-corrected chi connectivity index (χ2v) is 4.86. The van der Waals surface area contributed by atoms with Gasteiger partial charge in [0.25, 0.3) is 5.69 Å². The molecule has 1 N–H and O–H groups in total. The molecule has 1 amide bonds. The van der Waals surface area contributed by atoms with Crippen LogP contribution in [0.4, 0.5) is 11.5 Å². The van der Waals surface area contributed by atoms with Crippen molar-refractivity contribution < 1.29 is 9.72 Å². The van der Waals surface area contributed by atoms with Crippen LogP contribution in [0.25, 0.3) is 0 Å². The number of carbonyl (C=O) groups excluding carboxylic acids is 1. The second kappa shape index (κ2) is 6.32. The van der Waals surface area contributed by atoms with Gasteiger partial charge in [0.2, 0.25) is 5.91 Å². The van der Waals surface area contributed by atoms with Crippen LogP contribution in [0.3, 0.4) is 0 Å². The molecule has 1 atom stereocenters. The molecule has 1 heterocycles. The third-order valence-corrected chi connectivity index (χ3v) is 3.18. The Morgan fingerprint density at radius 1 is 1.38 bits per heavy atom. The minimum absolute atomic E-state index is 0.0481. The summed E-state index contributed by atoms with van der Waals surface area (Å²) in [5, 5.41) is 13.8. The Labute approximate surface area is 125 Å². The minimum atomic E-state index is -0.550. The van der Waals surface area contributed by atoms with E-state index in [2.05, 4.69) is 10.3 Å². The Morgan fingerprint density at radius 2 is 2.14 bits per heavy atom. The lowest BCUT2D eigenvalue weighted by molar-refractivity contribution is -0.384. The molecule has 0 saturated heterocycles. The van der Waals surface area contributed by atoms with Crippen molar-refractivity contribution in [1.29, 1.82) is 0 Å². The molecule has 0 aliphatic heterocycles. The predicted molar refractivity (Wildman–Crippen MR) is 79.4 cm³/mol. The van der Waals surface area contributed by atoms with Gasteiger partial charge < -0.3 is 5.32 Å². The van der Waals surface area contributed by atoms with Gasteiger partial charge in [-0.3, -0.25) is 14.9 Å². The summed E-state index contributed by atoms with van der Waals surface area (Å²) in [4.78, 5) is 26.4. The largest absolute Gasteiger partial charge is 0.310 e. The van der Waals surface area contributed by atoms with Crippen LogP contribution >= 0.6 is 11.6 Å². The number of carbonyl (C=O) groups is 1. The van der Waals surface area contributed by atoms with Gasteiger partial charge in [-0.25, -0.2) is 4.98 Å². The lowest BCUT2D eigenvalue weighted by Crippen LogP contribution is -2.19. The first-order chi connectivity index (χ1) is 9.97. The highest BCUT2D eigenvalue weighted by molar-refractivity contribution is 6.30. The highest BCUT2D eigenvalue weighted by Crippen LogP contribution is 2.22. The number of amides is 1. The zero-order valence-corrected chi connectivity index (χ0v) is 11.9. The minimum Gasteiger partial charge on any atom is -0.310 e. The van der Waals surface area contributed by atoms with Crippen LogP contribution in [0.2, 0.25) is 5.02 Å². The van der Waals surface area contributed by atoms with Gasteiger partial charge in [-0.15, -0.1) is 0 Å². The van der Waals surface area contributed by atoms with E-state index in [0.717, 1.165) is 0 Å². The smallest absolute Gasteiger partial charge is 0.269 e. The first-order valence-corrected chi connectivity index (χ1v) is 6.52. The number of rotatable bonds is 4. The second-order valence-electron chi connectivity index (χ2n) is 4.42. The van der Waals surface area contributed by atoms with E-state index in [4.69, 9.17) is 11.6 Å². The molecule has 1 aromatic heterocycles. The fraction of sp³-hybridized carbons (Fsp3) is 0.143. The Balaban J connectivity index is 2.15. The van der Waals surface area contributed by atoms with Gasteiger partial charge in [0, 0.05) is 23.4 Å². The summed E-state index contributed by atoms with van der Waals surface area (Å²) in [6, 6.07) is 9.11. The third kappa shape index (κ3) is 3.76. The number of nitrogens with zero attached hydrogens (tertiary/aromatic N) is 2. The fourth-order valence-electron chi connectivity index (χ4n) is 1.77. The van der Waals surface area contributed by atoms with Gasteiger partial charge in [0.05, 0.1) is 10.8 Å². The summed E-state index contributed by atoms with van der Waals surface area (Å²) in [5.41, 5.74) is 0.511. The Morgan fingerprint density at radius 3 is 2.81 bits per heavy atom. The molecule has 6 nitrogen and oxygen atoms in total. The van der Waals surface area contributed by atoms with Gasteiger partial charge in [-0.2, -0.15) is 0 Å². The monoisotopic (exact) mass is 305 g/mol. The number of nitro benzene ring substituents is 1. The van der Waals surface area contributed by atoms with Crippen molar-refractivity contribution >= 4 is 29.0 Å². The first kappa shape index (κ1) is 14.9. The van der Waals surface area contributed by atoms with Crippen molar-refractivity contribution in [2.45, 2.75) is 12.8 Å². The SMILES string of the molecule is CC(C(=O)Nc1cc(Cl)ccn1)c1cccc([N+](=O)[O-])c1. The van der Waals surface area contributed by atoms with Crippen molar-refractivity contribution in [1.82, 2.24) is 4.98 Å². The van der Waals surface area contributed by atoms with Crippen LogP contribution in [-0.2, 0) is 4.79 Å². The maximum absolute atomic E-state index is 12.1. The number of hydrogen-bond donors (Lipinski definition) is 1. The topological polar surface area (TPSA) is 85.1 Å². The molecule has 2 aromatic rings. The zero-order chi connectivity index (χ0) is 15.4. The molecule has 1 aromatic carbocycles. The molecule has 2 rings (SSSR count). The number of halogens is 1. The number of benzene rings is 1. The van der Waals surface area contributed by atoms with Crippen LogP contribution < -0.4 is 5.32 Å². The molecule has 7 heteroatoms. The summed E-state index contributed by atoms with van der Waals surface area (Å²) in [6.45, 7) is 1.67. The molecular formula is C14H12ClN3O3. The summed E-state index contributed by atoms with van der Waals surface area (Å²) >= 11 is 5.81. The molecule has 0 spiro atoms. The van der Waals surface area contributed by atoms with Crippen molar-refractivity contribution in [3.8, 4) is 0 Å². The van der Waals surface area contributed by atoms with Gasteiger partial charge >= 0.3 is 0 Å². The normalized spacial score (nSPS) is 11.7. The van der Waals surface area contributed by atoms with E-state index >= 15 is 0 Å². The summed E-state index contributed by atoms with van der Waals surface area (Å²) in [5.74, 6) is -0.527. The highest BCUT2D eigenvalue weighted by atomic mass is 35.5.